The average molecular weight is 383 g/mol. The zero-order valence-electron chi connectivity index (χ0n) is 15.8. The Bertz CT molecular complexity index is 772. The molecule has 0 unspecified atom stereocenters. The van der Waals surface area contributed by atoms with E-state index < -0.39 is 4.92 Å². The van der Waals surface area contributed by atoms with Gasteiger partial charge in [0.15, 0.2) is 6.61 Å². The average Bonchev–Trinajstić information content (AvgIpc) is 2.73. The van der Waals surface area contributed by atoms with Gasteiger partial charge in [0.25, 0.3) is 11.6 Å². The Kier molecular flexibility index (Phi) is 6.97. The number of nitro groups is 1. The van der Waals surface area contributed by atoms with Crippen LogP contribution in [0.25, 0.3) is 0 Å². The molecule has 0 spiro atoms. The summed E-state index contributed by atoms with van der Waals surface area (Å²) < 4.78 is 5.38. The van der Waals surface area contributed by atoms with E-state index in [1.165, 1.54) is 29.8 Å². The molecule has 28 heavy (non-hydrogen) atoms. The third-order valence-corrected chi connectivity index (χ3v) is 4.96. The number of nitro benzene ring substituents is 1. The maximum absolute atomic E-state index is 12.0. The highest BCUT2D eigenvalue weighted by Crippen LogP contribution is 2.19. The normalized spacial score (nSPS) is 15.1. The molecule has 0 atom stereocenters. The van der Waals surface area contributed by atoms with E-state index in [1.807, 2.05) is 6.07 Å². The second kappa shape index (κ2) is 9.85. The van der Waals surface area contributed by atoms with Crippen LogP contribution in [0.3, 0.4) is 0 Å². The number of nitrogens with zero attached hydrogens (tertiary/aromatic N) is 2. The number of benzene rings is 2. The lowest BCUT2D eigenvalue weighted by molar-refractivity contribution is -0.384. The highest BCUT2D eigenvalue weighted by molar-refractivity contribution is 5.77. The lowest BCUT2D eigenvalue weighted by Gasteiger charge is -2.32. The van der Waals surface area contributed by atoms with Gasteiger partial charge in [-0.25, -0.2) is 0 Å². The largest absolute Gasteiger partial charge is 0.484 e. The maximum atomic E-state index is 12.0. The van der Waals surface area contributed by atoms with Gasteiger partial charge in [-0.2, -0.15) is 0 Å². The Balaban J connectivity index is 1.32. The van der Waals surface area contributed by atoms with Gasteiger partial charge >= 0.3 is 0 Å². The van der Waals surface area contributed by atoms with E-state index in [2.05, 4.69) is 34.5 Å². The third-order valence-electron chi connectivity index (χ3n) is 4.96. The van der Waals surface area contributed by atoms with Crippen LogP contribution in [0.4, 0.5) is 5.69 Å². The molecule has 2 aromatic carbocycles. The molecule has 0 bridgehead atoms. The van der Waals surface area contributed by atoms with E-state index in [4.69, 9.17) is 4.74 Å². The van der Waals surface area contributed by atoms with E-state index in [9.17, 15) is 14.9 Å². The fourth-order valence-electron chi connectivity index (χ4n) is 3.31. The number of hydrogen-bond acceptors (Lipinski definition) is 5. The van der Waals surface area contributed by atoms with Crippen LogP contribution < -0.4 is 10.1 Å². The van der Waals surface area contributed by atoms with Gasteiger partial charge in [0, 0.05) is 25.2 Å². The summed E-state index contributed by atoms with van der Waals surface area (Å²) in [6.45, 7) is 3.61. The molecule has 148 valence electrons. The molecular formula is C21H25N3O4. The minimum atomic E-state index is -0.471. The predicted molar refractivity (Wildman–Crippen MR) is 106 cm³/mol. The summed E-state index contributed by atoms with van der Waals surface area (Å²) in [5, 5.41) is 13.5. The molecular weight excluding hydrogens is 358 g/mol. The number of ether oxygens (including phenoxy) is 1. The summed E-state index contributed by atoms with van der Waals surface area (Å²) in [6, 6.07) is 16.2. The van der Waals surface area contributed by atoms with Crippen molar-refractivity contribution in [3.8, 4) is 5.75 Å². The molecule has 0 aliphatic carbocycles. The molecule has 1 amide bonds. The van der Waals surface area contributed by atoms with Gasteiger partial charge in [0.05, 0.1) is 4.92 Å². The SMILES string of the molecule is O=C(COc1ccc([N+](=O)[O-])cc1)NCC1CCN(Cc2ccccc2)CC1. The smallest absolute Gasteiger partial charge is 0.269 e. The predicted octanol–water partition coefficient (Wildman–Crippen LogP) is 3.00. The lowest BCUT2D eigenvalue weighted by atomic mass is 9.96. The van der Waals surface area contributed by atoms with Crippen LogP contribution in [-0.2, 0) is 11.3 Å². The fraction of sp³-hybridized carbons (Fsp3) is 0.381. The van der Waals surface area contributed by atoms with E-state index in [-0.39, 0.29) is 18.2 Å². The number of piperidine rings is 1. The summed E-state index contributed by atoms with van der Waals surface area (Å²) >= 11 is 0. The second-order valence-corrected chi connectivity index (χ2v) is 7.05. The molecule has 1 aliphatic rings. The Morgan fingerprint density at radius 3 is 2.43 bits per heavy atom. The quantitative estimate of drug-likeness (QED) is 0.559. The van der Waals surface area contributed by atoms with Crippen molar-refractivity contribution < 1.29 is 14.5 Å². The van der Waals surface area contributed by atoms with Crippen LogP contribution in [0.15, 0.2) is 54.6 Å². The summed E-state index contributed by atoms with van der Waals surface area (Å²) in [4.78, 5) is 24.6. The standard InChI is InChI=1S/C21H25N3O4/c25-21(16-28-20-8-6-19(7-9-20)24(26)27)22-14-17-10-12-23(13-11-17)15-18-4-2-1-3-5-18/h1-9,17H,10-16H2,(H,22,25). The van der Waals surface area contributed by atoms with Gasteiger partial charge in [-0.15, -0.1) is 0 Å². The van der Waals surface area contributed by atoms with Crippen LogP contribution >= 0.6 is 0 Å². The Hall–Kier alpha value is -2.93. The number of carbonyl (C=O) groups is 1. The first kappa shape index (κ1) is 19.8. The number of carbonyl (C=O) groups excluding carboxylic acids is 1. The summed E-state index contributed by atoms with van der Waals surface area (Å²) in [7, 11) is 0. The molecule has 0 radical (unpaired) electrons. The minimum absolute atomic E-state index is 0.00425. The second-order valence-electron chi connectivity index (χ2n) is 7.05. The number of rotatable bonds is 8. The molecule has 1 saturated heterocycles. The van der Waals surface area contributed by atoms with Crippen molar-refractivity contribution in [3.63, 3.8) is 0 Å². The molecule has 1 fully saturated rings. The number of likely N-dealkylation sites (tertiary alicyclic amines) is 1. The van der Waals surface area contributed by atoms with E-state index in [1.54, 1.807) is 0 Å². The summed E-state index contributed by atoms with van der Waals surface area (Å²) in [5.41, 5.74) is 1.33. The summed E-state index contributed by atoms with van der Waals surface area (Å²) in [5.74, 6) is 0.746. The van der Waals surface area contributed by atoms with Gasteiger partial charge < -0.3 is 10.1 Å². The van der Waals surface area contributed by atoms with Gasteiger partial charge in [0.1, 0.15) is 5.75 Å². The third kappa shape index (κ3) is 6.06. The van der Waals surface area contributed by atoms with Gasteiger partial charge in [-0.1, -0.05) is 30.3 Å². The highest BCUT2D eigenvalue weighted by Gasteiger charge is 2.19. The van der Waals surface area contributed by atoms with Crippen LogP contribution in [0.2, 0.25) is 0 Å². The van der Waals surface area contributed by atoms with Crippen molar-refractivity contribution in [2.75, 3.05) is 26.2 Å². The molecule has 2 aromatic rings. The number of nitrogens with one attached hydrogen (secondary N) is 1. The fourth-order valence-corrected chi connectivity index (χ4v) is 3.31. The van der Waals surface area contributed by atoms with E-state index in [0.717, 1.165) is 32.5 Å². The zero-order valence-corrected chi connectivity index (χ0v) is 15.8. The molecule has 0 aromatic heterocycles. The first-order chi connectivity index (χ1) is 13.6. The number of non-ortho nitro benzene ring substituents is 1. The summed E-state index contributed by atoms with van der Waals surface area (Å²) in [6.07, 6.45) is 2.13. The molecule has 1 N–H and O–H groups in total. The van der Waals surface area contributed by atoms with E-state index in [0.29, 0.717) is 18.2 Å². The highest BCUT2D eigenvalue weighted by atomic mass is 16.6. The van der Waals surface area contributed by atoms with E-state index >= 15 is 0 Å². The van der Waals surface area contributed by atoms with Crippen molar-refractivity contribution >= 4 is 11.6 Å². The number of hydrogen-bond donors (Lipinski definition) is 1. The number of amides is 1. The molecule has 3 rings (SSSR count). The first-order valence-electron chi connectivity index (χ1n) is 9.50. The first-order valence-corrected chi connectivity index (χ1v) is 9.50. The van der Waals surface area contributed by atoms with Crippen molar-refractivity contribution in [1.82, 2.24) is 10.2 Å². The topological polar surface area (TPSA) is 84.7 Å². The Labute approximate surface area is 164 Å². The van der Waals surface area contributed by atoms with Crippen LogP contribution in [0, 0.1) is 16.0 Å². The zero-order chi connectivity index (χ0) is 19.8. The Morgan fingerprint density at radius 2 is 1.79 bits per heavy atom. The van der Waals surface area contributed by atoms with Crippen molar-refractivity contribution in [2.45, 2.75) is 19.4 Å². The van der Waals surface area contributed by atoms with Crippen molar-refractivity contribution in [1.29, 1.82) is 0 Å². The minimum Gasteiger partial charge on any atom is -0.484 e. The molecule has 7 heteroatoms. The van der Waals surface area contributed by atoms with Crippen molar-refractivity contribution in [2.24, 2.45) is 5.92 Å². The van der Waals surface area contributed by atoms with Crippen LogP contribution in [0.5, 0.6) is 5.75 Å². The van der Waals surface area contributed by atoms with Gasteiger partial charge in [-0.3, -0.25) is 19.8 Å². The molecule has 7 nitrogen and oxygen atoms in total. The maximum Gasteiger partial charge on any atom is 0.269 e. The van der Waals surface area contributed by atoms with Crippen LogP contribution in [0.1, 0.15) is 18.4 Å². The van der Waals surface area contributed by atoms with Gasteiger partial charge in [0.2, 0.25) is 0 Å². The van der Waals surface area contributed by atoms with Gasteiger partial charge in [-0.05, 0) is 49.5 Å². The van der Waals surface area contributed by atoms with Crippen molar-refractivity contribution in [3.05, 3.63) is 70.3 Å². The lowest BCUT2D eigenvalue weighted by Crippen LogP contribution is -2.39. The van der Waals surface area contributed by atoms with Crippen LogP contribution in [-0.4, -0.2) is 42.0 Å². The molecule has 0 saturated carbocycles. The molecule has 1 aliphatic heterocycles. The Morgan fingerprint density at radius 1 is 1.11 bits per heavy atom. The monoisotopic (exact) mass is 383 g/mol. The molecule has 1 heterocycles.